The quantitative estimate of drug-likeness (QED) is 0.838. The smallest absolute Gasteiger partial charge is 0.165 e. The van der Waals surface area contributed by atoms with E-state index in [2.05, 4.69) is 46.9 Å². The first-order valence-corrected chi connectivity index (χ1v) is 7.65. The molecular weight excluding hydrogens is 265 g/mol. The zero-order valence-corrected chi connectivity index (χ0v) is 14.5. The maximum atomic E-state index is 13.9. The topological polar surface area (TPSA) is 21.3 Å². The van der Waals surface area contributed by atoms with E-state index in [0.717, 1.165) is 18.5 Å². The lowest BCUT2D eigenvalue weighted by molar-refractivity contribution is 0.187. The van der Waals surface area contributed by atoms with Crippen LogP contribution in [0.2, 0.25) is 0 Å². The first-order chi connectivity index (χ1) is 9.57. The van der Waals surface area contributed by atoms with Crippen molar-refractivity contribution in [1.82, 2.24) is 5.32 Å². The third-order valence-corrected chi connectivity index (χ3v) is 4.24. The molecule has 0 aliphatic carbocycles. The Morgan fingerprint density at radius 1 is 1.19 bits per heavy atom. The monoisotopic (exact) mass is 295 g/mol. The van der Waals surface area contributed by atoms with Crippen LogP contribution in [0, 0.1) is 17.2 Å². The molecule has 0 bridgehead atoms. The van der Waals surface area contributed by atoms with Crippen LogP contribution >= 0.6 is 0 Å². The molecule has 0 spiro atoms. The van der Waals surface area contributed by atoms with Crippen LogP contribution in [0.1, 0.15) is 47.1 Å². The summed E-state index contributed by atoms with van der Waals surface area (Å²) in [7, 11) is 1.49. The minimum absolute atomic E-state index is 0.0777. The van der Waals surface area contributed by atoms with E-state index in [-0.39, 0.29) is 16.8 Å². The van der Waals surface area contributed by atoms with Crippen LogP contribution in [-0.2, 0) is 6.42 Å². The van der Waals surface area contributed by atoms with Gasteiger partial charge in [0.05, 0.1) is 7.11 Å². The zero-order chi connectivity index (χ0) is 16.3. The Balaban J connectivity index is 2.89. The Hall–Kier alpha value is -1.09. The highest BCUT2D eigenvalue weighted by atomic mass is 19.1. The summed E-state index contributed by atoms with van der Waals surface area (Å²) in [6.45, 7) is 14.1. The van der Waals surface area contributed by atoms with Gasteiger partial charge >= 0.3 is 0 Å². The van der Waals surface area contributed by atoms with Crippen molar-refractivity contribution >= 4 is 0 Å². The maximum Gasteiger partial charge on any atom is 0.165 e. The fourth-order valence-corrected chi connectivity index (χ4v) is 2.22. The van der Waals surface area contributed by atoms with Crippen molar-refractivity contribution in [2.45, 2.75) is 53.5 Å². The van der Waals surface area contributed by atoms with Crippen LogP contribution in [0.4, 0.5) is 4.39 Å². The Morgan fingerprint density at radius 2 is 1.81 bits per heavy atom. The molecule has 1 atom stereocenters. The molecule has 0 amide bonds. The molecule has 1 aromatic rings. The van der Waals surface area contributed by atoms with E-state index in [0.29, 0.717) is 11.7 Å². The lowest BCUT2D eigenvalue weighted by Crippen LogP contribution is -2.45. The highest BCUT2D eigenvalue weighted by molar-refractivity contribution is 5.30. The molecule has 2 nitrogen and oxygen atoms in total. The molecule has 0 saturated heterocycles. The van der Waals surface area contributed by atoms with Crippen LogP contribution < -0.4 is 10.1 Å². The van der Waals surface area contributed by atoms with Gasteiger partial charge in [-0.3, -0.25) is 0 Å². The minimum atomic E-state index is -0.287. The third kappa shape index (κ3) is 5.31. The van der Waals surface area contributed by atoms with E-state index in [1.165, 1.54) is 7.11 Å². The highest BCUT2D eigenvalue weighted by Gasteiger charge is 2.30. The van der Waals surface area contributed by atoms with Gasteiger partial charge in [-0.15, -0.1) is 0 Å². The van der Waals surface area contributed by atoms with Gasteiger partial charge in [-0.1, -0.05) is 26.8 Å². The second-order valence-electron chi connectivity index (χ2n) is 7.56. The molecular formula is C18H30FNO. The fraction of sp³-hybridized carbons (Fsp3) is 0.667. The van der Waals surface area contributed by atoms with Gasteiger partial charge < -0.3 is 10.1 Å². The van der Waals surface area contributed by atoms with Gasteiger partial charge in [0, 0.05) is 12.1 Å². The van der Waals surface area contributed by atoms with Gasteiger partial charge in [0.25, 0.3) is 0 Å². The number of hydrogen-bond acceptors (Lipinski definition) is 2. The number of rotatable bonds is 6. The van der Waals surface area contributed by atoms with E-state index in [9.17, 15) is 4.39 Å². The first kappa shape index (κ1) is 18.0. The normalized spacial score (nSPS) is 15.1. The zero-order valence-electron chi connectivity index (χ0n) is 14.5. The van der Waals surface area contributed by atoms with Gasteiger partial charge in [0.2, 0.25) is 0 Å². The molecule has 3 heteroatoms. The number of nitrogens with one attached hydrogen (secondary N) is 1. The van der Waals surface area contributed by atoms with Crippen molar-refractivity contribution in [1.29, 1.82) is 0 Å². The molecule has 0 fully saturated rings. The fourth-order valence-electron chi connectivity index (χ4n) is 2.22. The van der Waals surface area contributed by atoms with E-state index in [1.54, 1.807) is 12.1 Å². The predicted octanol–water partition coefficient (Wildman–Crippen LogP) is 4.43. The lowest BCUT2D eigenvalue weighted by Gasteiger charge is -2.37. The van der Waals surface area contributed by atoms with Crippen LogP contribution in [0.5, 0.6) is 5.75 Å². The second kappa shape index (κ2) is 6.78. The second-order valence-corrected chi connectivity index (χ2v) is 7.56. The van der Waals surface area contributed by atoms with E-state index >= 15 is 0 Å². The predicted molar refractivity (Wildman–Crippen MR) is 87.4 cm³/mol. The van der Waals surface area contributed by atoms with Crippen molar-refractivity contribution in [3.63, 3.8) is 0 Å². The van der Waals surface area contributed by atoms with Crippen molar-refractivity contribution < 1.29 is 9.13 Å². The molecule has 1 unspecified atom stereocenters. The van der Waals surface area contributed by atoms with Crippen molar-refractivity contribution in [2.75, 3.05) is 13.7 Å². The van der Waals surface area contributed by atoms with E-state index in [4.69, 9.17) is 4.74 Å². The number of hydrogen-bond donors (Lipinski definition) is 1. The molecule has 1 aromatic carbocycles. The maximum absolute atomic E-state index is 13.9. The summed E-state index contributed by atoms with van der Waals surface area (Å²) in [5.41, 5.74) is 1.18. The van der Waals surface area contributed by atoms with Gasteiger partial charge in [-0.25, -0.2) is 4.39 Å². The molecule has 21 heavy (non-hydrogen) atoms. The Bertz CT molecular complexity index is 465. The molecule has 0 aliphatic rings. The standard InChI is InChI=1S/C18H30FNO/c1-13(2)18(6,12-20-17(3,4)5)11-14-8-9-16(21-7)15(19)10-14/h8-10,13,20H,11-12H2,1-7H3. The van der Waals surface area contributed by atoms with Crippen LogP contribution in [0.3, 0.4) is 0 Å². The average Bonchev–Trinajstić information content (AvgIpc) is 2.36. The number of halogens is 1. The van der Waals surface area contributed by atoms with E-state index < -0.39 is 0 Å². The SMILES string of the molecule is COc1ccc(CC(C)(CNC(C)(C)C)C(C)C)cc1F. The largest absolute Gasteiger partial charge is 0.494 e. The molecule has 1 rings (SSSR count). The summed E-state index contributed by atoms with van der Waals surface area (Å²) < 4.78 is 18.8. The summed E-state index contributed by atoms with van der Waals surface area (Å²) in [5.74, 6) is 0.514. The average molecular weight is 295 g/mol. The van der Waals surface area contributed by atoms with Gasteiger partial charge in [0.1, 0.15) is 0 Å². The van der Waals surface area contributed by atoms with E-state index in [1.807, 2.05) is 6.07 Å². The van der Waals surface area contributed by atoms with Gasteiger partial charge in [-0.2, -0.15) is 0 Å². The Labute approximate surface area is 129 Å². The summed E-state index contributed by atoms with van der Waals surface area (Å²) in [4.78, 5) is 0. The molecule has 1 N–H and O–H groups in total. The molecule has 120 valence electrons. The summed E-state index contributed by atoms with van der Waals surface area (Å²) in [5, 5.41) is 3.58. The van der Waals surface area contributed by atoms with Crippen molar-refractivity contribution in [3.05, 3.63) is 29.6 Å². The first-order valence-electron chi connectivity index (χ1n) is 7.65. The minimum Gasteiger partial charge on any atom is -0.494 e. The van der Waals surface area contributed by atoms with Crippen LogP contribution in [0.25, 0.3) is 0 Å². The molecule has 0 radical (unpaired) electrons. The van der Waals surface area contributed by atoms with Crippen molar-refractivity contribution in [3.8, 4) is 5.75 Å². The van der Waals surface area contributed by atoms with Crippen LogP contribution in [-0.4, -0.2) is 19.2 Å². The Morgan fingerprint density at radius 3 is 2.24 bits per heavy atom. The van der Waals surface area contributed by atoms with Gasteiger partial charge in [0.15, 0.2) is 11.6 Å². The molecule has 0 heterocycles. The summed E-state index contributed by atoms with van der Waals surface area (Å²) in [6, 6.07) is 5.26. The number of benzene rings is 1. The lowest BCUT2D eigenvalue weighted by atomic mass is 9.74. The third-order valence-electron chi connectivity index (χ3n) is 4.24. The summed E-state index contributed by atoms with van der Waals surface area (Å²) in [6.07, 6.45) is 0.842. The summed E-state index contributed by atoms with van der Waals surface area (Å²) >= 11 is 0. The molecule has 0 saturated carbocycles. The van der Waals surface area contributed by atoms with Gasteiger partial charge in [-0.05, 0) is 56.2 Å². The van der Waals surface area contributed by atoms with Crippen molar-refractivity contribution in [2.24, 2.45) is 11.3 Å². The molecule has 0 aromatic heterocycles. The number of ether oxygens (including phenoxy) is 1. The van der Waals surface area contributed by atoms with Crippen LogP contribution in [0.15, 0.2) is 18.2 Å². The Kier molecular flexibility index (Phi) is 5.80. The highest BCUT2D eigenvalue weighted by Crippen LogP contribution is 2.32. The molecule has 0 aliphatic heterocycles. The number of methoxy groups -OCH3 is 1.